The normalized spacial score (nSPS) is 55.6. The fraction of sp³-hybridized carbons (Fsp3) is 0.909. The van der Waals surface area contributed by atoms with E-state index in [4.69, 9.17) is 4.74 Å². The molecule has 0 aromatic heterocycles. The van der Waals surface area contributed by atoms with E-state index in [1.165, 1.54) is 6.42 Å². The van der Waals surface area contributed by atoms with E-state index < -0.39 is 0 Å². The van der Waals surface area contributed by atoms with E-state index in [0.29, 0.717) is 5.92 Å². The Morgan fingerprint density at radius 3 is 2.69 bits per heavy atom. The minimum Gasteiger partial charge on any atom is -0.457 e. The van der Waals surface area contributed by atoms with Crippen LogP contribution in [0.1, 0.15) is 40.0 Å². The van der Waals surface area contributed by atoms with Gasteiger partial charge in [0.1, 0.15) is 11.0 Å². The number of carbonyl (C=O) groups excluding carboxylic acids is 1. The van der Waals surface area contributed by atoms with Crippen LogP contribution in [0.4, 0.5) is 0 Å². The summed E-state index contributed by atoms with van der Waals surface area (Å²) in [6.45, 7) is 6.63. The lowest BCUT2D eigenvalue weighted by Gasteiger charge is -2.39. The molecule has 2 aliphatic carbocycles. The van der Waals surface area contributed by atoms with Crippen molar-refractivity contribution in [1.82, 2.24) is 0 Å². The van der Waals surface area contributed by atoms with Gasteiger partial charge in [0.15, 0.2) is 0 Å². The Morgan fingerprint density at radius 1 is 1.46 bits per heavy atom. The maximum Gasteiger partial charge on any atom is 0.317 e. The molecule has 0 amide bonds. The van der Waals surface area contributed by atoms with Crippen molar-refractivity contribution < 1.29 is 9.53 Å². The van der Waals surface area contributed by atoms with Crippen LogP contribution in [0.25, 0.3) is 0 Å². The molecule has 3 atom stereocenters. The number of carbonyl (C=O) groups is 1. The Bertz CT molecular complexity index is 307. The summed E-state index contributed by atoms with van der Waals surface area (Å²) in [6, 6.07) is 0. The number of hydrogen-bond acceptors (Lipinski definition) is 2. The first kappa shape index (κ1) is 7.84. The highest BCUT2D eigenvalue weighted by molar-refractivity contribution is 5.93. The molecule has 0 bridgehead atoms. The molecular formula is C11H16O2. The number of esters is 1. The molecule has 2 nitrogen and oxygen atoms in total. The molecule has 0 spiro atoms. The maximum atomic E-state index is 11.6. The van der Waals surface area contributed by atoms with Crippen LogP contribution in [0, 0.1) is 16.7 Å². The smallest absolute Gasteiger partial charge is 0.317 e. The Morgan fingerprint density at radius 2 is 2.15 bits per heavy atom. The predicted octanol–water partition coefficient (Wildman–Crippen LogP) is 2.13. The van der Waals surface area contributed by atoms with Gasteiger partial charge in [-0.2, -0.15) is 0 Å². The van der Waals surface area contributed by atoms with Gasteiger partial charge < -0.3 is 4.74 Å². The van der Waals surface area contributed by atoms with Gasteiger partial charge >= 0.3 is 5.97 Å². The highest BCUT2D eigenvalue weighted by Gasteiger charge is 2.96. The van der Waals surface area contributed by atoms with Crippen LogP contribution in [0.2, 0.25) is 0 Å². The van der Waals surface area contributed by atoms with Crippen LogP contribution in [-0.2, 0) is 9.53 Å². The summed E-state index contributed by atoms with van der Waals surface area (Å²) >= 11 is 0. The second-order valence-corrected chi connectivity index (χ2v) is 5.59. The Labute approximate surface area is 78.6 Å². The average Bonchev–Trinajstić information content (AvgIpc) is 2.40. The van der Waals surface area contributed by atoms with Crippen LogP contribution >= 0.6 is 0 Å². The lowest BCUT2D eigenvalue weighted by atomic mass is 9.76. The van der Waals surface area contributed by atoms with Crippen LogP contribution < -0.4 is 0 Å². The maximum absolute atomic E-state index is 11.6. The molecular weight excluding hydrogens is 164 g/mol. The number of rotatable bonds is 0. The van der Waals surface area contributed by atoms with Crippen LogP contribution in [0.15, 0.2) is 0 Å². The molecule has 1 aliphatic heterocycles. The van der Waals surface area contributed by atoms with E-state index in [1.807, 2.05) is 0 Å². The molecule has 13 heavy (non-hydrogen) atoms. The third kappa shape index (κ3) is 0.476. The molecule has 0 aromatic carbocycles. The zero-order valence-corrected chi connectivity index (χ0v) is 8.52. The molecule has 2 saturated carbocycles. The standard InChI is InChI=1S/C11H16O2/c1-7-4-5-11-9(2,3)10(11,6-7)8(12)13-11/h7H,4-6H2,1-3H3. The predicted molar refractivity (Wildman–Crippen MR) is 48.1 cm³/mol. The number of hydrogen-bond donors (Lipinski definition) is 0. The van der Waals surface area contributed by atoms with E-state index in [1.54, 1.807) is 0 Å². The van der Waals surface area contributed by atoms with Crippen LogP contribution in [0.3, 0.4) is 0 Å². The summed E-state index contributed by atoms with van der Waals surface area (Å²) in [5, 5.41) is 0. The molecule has 0 radical (unpaired) electrons. The minimum atomic E-state index is -0.0718. The van der Waals surface area contributed by atoms with Gasteiger partial charge in [-0.05, 0) is 25.2 Å². The highest BCUT2D eigenvalue weighted by atomic mass is 16.6. The van der Waals surface area contributed by atoms with Gasteiger partial charge in [0, 0.05) is 5.41 Å². The third-order valence-corrected chi connectivity index (χ3v) is 4.96. The monoisotopic (exact) mass is 180 g/mol. The van der Waals surface area contributed by atoms with Gasteiger partial charge in [0.2, 0.25) is 0 Å². The van der Waals surface area contributed by atoms with E-state index in [2.05, 4.69) is 20.8 Å². The Balaban J connectivity index is 2.05. The van der Waals surface area contributed by atoms with Crippen molar-refractivity contribution in [2.45, 2.75) is 45.6 Å². The molecule has 3 unspecified atom stereocenters. The molecule has 72 valence electrons. The summed E-state index contributed by atoms with van der Waals surface area (Å²) in [4.78, 5) is 11.6. The average molecular weight is 180 g/mol. The molecule has 0 N–H and O–H groups in total. The van der Waals surface area contributed by atoms with E-state index in [0.717, 1.165) is 12.8 Å². The highest BCUT2D eigenvalue weighted by Crippen LogP contribution is 2.85. The zero-order chi connectivity index (χ0) is 9.48. The van der Waals surface area contributed by atoms with Crippen molar-refractivity contribution in [3.05, 3.63) is 0 Å². The molecule has 0 aromatic rings. The second kappa shape index (κ2) is 1.67. The zero-order valence-electron chi connectivity index (χ0n) is 8.52. The first-order valence-electron chi connectivity index (χ1n) is 5.21. The third-order valence-electron chi connectivity index (χ3n) is 4.96. The topological polar surface area (TPSA) is 26.3 Å². The molecule has 1 saturated heterocycles. The summed E-state index contributed by atoms with van der Waals surface area (Å²) in [7, 11) is 0. The molecule has 3 aliphatic rings. The molecule has 2 heteroatoms. The SMILES string of the molecule is CC1CCC23OC(=O)C2(C1)C3(C)C. The lowest BCUT2D eigenvalue weighted by molar-refractivity contribution is -0.191. The van der Waals surface area contributed by atoms with E-state index in [9.17, 15) is 4.79 Å². The van der Waals surface area contributed by atoms with Crippen molar-refractivity contribution in [2.24, 2.45) is 16.7 Å². The minimum absolute atomic E-state index is 0.0381. The molecule has 3 rings (SSSR count). The van der Waals surface area contributed by atoms with Gasteiger partial charge in [0.05, 0.1) is 0 Å². The fourth-order valence-electron chi connectivity index (χ4n) is 4.01. The van der Waals surface area contributed by atoms with Crippen molar-refractivity contribution in [2.75, 3.05) is 0 Å². The molecule has 3 fully saturated rings. The van der Waals surface area contributed by atoms with Crippen LogP contribution in [0.5, 0.6) is 0 Å². The van der Waals surface area contributed by atoms with Gasteiger partial charge in [-0.25, -0.2) is 0 Å². The van der Waals surface area contributed by atoms with Crippen molar-refractivity contribution in [1.29, 1.82) is 0 Å². The second-order valence-electron chi connectivity index (χ2n) is 5.59. The van der Waals surface area contributed by atoms with Crippen molar-refractivity contribution in [3.8, 4) is 0 Å². The summed E-state index contributed by atoms with van der Waals surface area (Å²) < 4.78 is 5.42. The number of ether oxygens (including phenoxy) is 1. The van der Waals surface area contributed by atoms with Crippen molar-refractivity contribution in [3.63, 3.8) is 0 Å². The summed E-state index contributed by atoms with van der Waals surface area (Å²) in [5.41, 5.74) is 0.00308. The fourth-order valence-corrected chi connectivity index (χ4v) is 4.01. The van der Waals surface area contributed by atoms with Gasteiger partial charge in [-0.1, -0.05) is 20.8 Å². The van der Waals surface area contributed by atoms with E-state index >= 15 is 0 Å². The first-order valence-corrected chi connectivity index (χ1v) is 5.21. The Kier molecular flexibility index (Phi) is 1.00. The van der Waals surface area contributed by atoms with Crippen LogP contribution in [-0.4, -0.2) is 11.6 Å². The van der Waals surface area contributed by atoms with E-state index in [-0.39, 0.29) is 22.4 Å². The quantitative estimate of drug-likeness (QED) is 0.534. The largest absolute Gasteiger partial charge is 0.457 e. The van der Waals surface area contributed by atoms with Gasteiger partial charge in [0.25, 0.3) is 0 Å². The molecule has 1 heterocycles. The van der Waals surface area contributed by atoms with Crippen molar-refractivity contribution >= 4 is 5.97 Å². The summed E-state index contributed by atoms with van der Waals surface area (Å²) in [6.07, 6.45) is 3.37. The van der Waals surface area contributed by atoms with Gasteiger partial charge in [-0.15, -0.1) is 0 Å². The Hall–Kier alpha value is -0.530. The lowest BCUT2D eigenvalue weighted by Crippen LogP contribution is -2.48. The first-order chi connectivity index (χ1) is 5.98. The van der Waals surface area contributed by atoms with Gasteiger partial charge in [-0.3, -0.25) is 4.79 Å². The summed E-state index contributed by atoms with van der Waals surface area (Å²) in [5.74, 6) is 0.770.